The van der Waals surface area contributed by atoms with Crippen molar-refractivity contribution >= 4 is 29.4 Å². The van der Waals surface area contributed by atoms with E-state index < -0.39 is 24.3 Å². The standard InChI is InChI=1S/C23H30FN9O3/c1-13(2)27-23(35)36-17-4-3-14(20(17)24)15-11-18(31-30-15)29-22-26-6-5-19-28-16(12-33(19)22)21(34)32-9-7-25-8-10-32/h5-6,11-14,17,20,25H,3-4,7-10H2,1-2H3,(H,27,35)(H2,26,29,30,31)/t14-,17-,20-/m1/s1. The Kier molecular flexibility index (Phi) is 6.72. The molecule has 3 atom stereocenters. The van der Waals surface area contributed by atoms with Crippen molar-refractivity contribution in [2.75, 3.05) is 31.5 Å². The van der Waals surface area contributed by atoms with Crippen molar-refractivity contribution in [3.8, 4) is 0 Å². The third-order valence-electron chi connectivity index (χ3n) is 6.41. The summed E-state index contributed by atoms with van der Waals surface area (Å²) in [6, 6.07) is 3.36. The third-order valence-corrected chi connectivity index (χ3v) is 6.41. The Hall–Kier alpha value is -3.74. The fraction of sp³-hybridized carbons (Fsp3) is 0.522. The van der Waals surface area contributed by atoms with Gasteiger partial charge in [0.15, 0.2) is 5.82 Å². The Morgan fingerprint density at radius 1 is 1.25 bits per heavy atom. The number of carbonyl (C=O) groups excluding carboxylic acids is 2. The molecule has 2 amide bonds. The number of nitrogens with one attached hydrogen (secondary N) is 4. The average Bonchev–Trinajstić information content (AvgIpc) is 3.58. The van der Waals surface area contributed by atoms with Gasteiger partial charge < -0.3 is 25.6 Å². The van der Waals surface area contributed by atoms with Crippen LogP contribution < -0.4 is 16.0 Å². The number of halogens is 1. The summed E-state index contributed by atoms with van der Waals surface area (Å²) in [6.07, 6.45) is 1.44. The highest BCUT2D eigenvalue weighted by atomic mass is 19.1. The molecule has 2 fully saturated rings. The van der Waals surface area contributed by atoms with Crippen LogP contribution in [0.2, 0.25) is 0 Å². The summed E-state index contributed by atoms with van der Waals surface area (Å²) in [6.45, 7) is 6.42. The fourth-order valence-electron chi connectivity index (χ4n) is 4.63. The lowest BCUT2D eigenvalue weighted by Crippen LogP contribution is -2.46. The second-order valence-corrected chi connectivity index (χ2v) is 9.37. The molecule has 1 saturated heterocycles. The number of alkyl halides is 1. The van der Waals surface area contributed by atoms with E-state index in [4.69, 9.17) is 4.74 Å². The van der Waals surface area contributed by atoms with Crippen LogP contribution in [0.15, 0.2) is 24.5 Å². The number of alkyl carbamates (subject to hydrolysis) is 1. The van der Waals surface area contributed by atoms with E-state index in [-0.39, 0.29) is 11.9 Å². The van der Waals surface area contributed by atoms with Crippen LogP contribution in [0, 0.1) is 0 Å². The smallest absolute Gasteiger partial charge is 0.407 e. The van der Waals surface area contributed by atoms with Gasteiger partial charge in [-0.15, -0.1) is 0 Å². The predicted octanol–water partition coefficient (Wildman–Crippen LogP) is 1.96. The van der Waals surface area contributed by atoms with Gasteiger partial charge in [0, 0.05) is 62.3 Å². The summed E-state index contributed by atoms with van der Waals surface area (Å²) in [5, 5.41) is 16.1. The zero-order chi connectivity index (χ0) is 25.2. The number of rotatable bonds is 6. The number of hydrogen-bond donors (Lipinski definition) is 4. The molecule has 0 spiro atoms. The van der Waals surface area contributed by atoms with Gasteiger partial charge in [0.2, 0.25) is 5.95 Å². The first-order chi connectivity index (χ1) is 17.4. The summed E-state index contributed by atoms with van der Waals surface area (Å²) >= 11 is 0. The highest BCUT2D eigenvalue weighted by Gasteiger charge is 2.41. The molecule has 36 heavy (non-hydrogen) atoms. The lowest BCUT2D eigenvalue weighted by molar-refractivity contribution is 0.0555. The first kappa shape index (κ1) is 24.0. The Balaban J connectivity index is 1.27. The quantitative estimate of drug-likeness (QED) is 0.403. The van der Waals surface area contributed by atoms with Gasteiger partial charge in [-0.25, -0.2) is 19.2 Å². The Morgan fingerprint density at radius 3 is 2.83 bits per heavy atom. The van der Waals surface area contributed by atoms with Crippen LogP contribution in [0.4, 0.5) is 21.0 Å². The molecular formula is C23H30FN9O3. The van der Waals surface area contributed by atoms with E-state index in [1.807, 2.05) is 13.8 Å². The van der Waals surface area contributed by atoms with Gasteiger partial charge in [-0.05, 0) is 32.8 Å². The number of hydrogen-bond acceptors (Lipinski definition) is 8. The molecule has 192 valence electrons. The van der Waals surface area contributed by atoms with Gasteiger partial charge in [-0.3, -0.25) is 14.3 Å². The van der Waals surface area contributed by atoms with Gasteiger partial charge in [0.05, 0.1) is 0 Å². The second kappa shape index (κ2) is 10.1. The first-order valence-corrected chi connectivity index (χ1v) is 12.2. The van der Waals surface area contributed by atoms with Crippen molar-refractivity contribution in [1.82, 2.24) is 40.1 Å². The van der Waals surface area contributed by atoms with Crippen molar-refractivity contribution in [3.63, 3.8) is 0 Å². The molecule has 1 saturated carbocycles. The van der Waals surface area contributed by atoms with E-state index in [0.717, 1.165) is 13.1 Å². The third kappa shape index (κ3) is 4.96. The van der Waals surface area contributed by atoms with Crippen LogP contribution in [0.5, 0.6) is 0 Å². The lowest BCUT2D eigenvalue weighted by atomic mass is 10.0. The number of amides is 2. The number of nitrogens with zero attached hydrogens (tertiary/aromatic N) is 5. The topological polar surface area (TPSA) is 142 Å². The molecule has 0 aromatic carbocycles. The number of H-pyrrole nitrogens is 1. The summed E-state index contributed by atoms with van der Waals surface area (Å²) in [5.74, 6) is 0.280. The van der Waals surface area contributed by atoms with Gasteiger partial charge in [0.25, 0.3) is 5.91 Å². The van der Waals surface area contributed by atoms with Crippen LogP contribution in [0.1, 0.15) is 48.8 Å². The minimum Gasteiger partial charge on any atom is -0.443 e. The number of fused-ring (bicyclic) bond motifs is 1. The minimum absolute atomic E-state index is 0.0844. The maximum atomic E-state index is 15.1. The molecule has 0 bridgehead atoms. The summed E-state index contributed by atoms with van der Waals surface area (Å²) < 4.78 is 22.0. The zero-order valence-corrected chi connectivity index (χ0v) is 20.2. The number of ether oxygens (including phenoxy) is 1. The van der Waals surface area contributed by atoms with Gasteiger partial charge >= 0.3 is 6.09 Å². The number of piperazine rings is 1. The van der Waals surface area contributed by atoms with Crippen molar-refractivity contribution in [1.29, 1.82) is 0 Å². The highest BCUT2D eigenvalue weighted by molar-refractivity contribution is 5.93. The molecule has 1 aliphatic heterocycles. The number of aromatic amines is 1. The maximum Gasteiger partial charge on any atom is 0.407 e. The molecule has 12 nitrogen and oxygen atoms in total. The minimum atomic E-state index is -1.34. The van der Waals surface area contributed by atoms with E-state index in [2.05, 4.69) is 36.1 Å². The normalized spacial score (nSPS) is 22.2. The fourth-order valence-corrected chi connectivity index (χ4v) is 4.63. The molecule has 1 aliphatic carbocycles. The number of imidazole rings is 1. The van der Waals surface area contributed by atoms with Crippen molar-refractivity contribution in [2.24, 2.45) is 0 Å². The molecule has 0 radical (unpaired) electrons. The maximum absolute atomic E-state index is 15.1. The predicted molar refractivity (Wildman–Crippen MR) is 129 cm³/mol. The van der Waals surface area contributed by atoms with Gasteiger partial charge in [-0.1, -0.05) is 0 Å². The SMILES string of the molecule is CC(C)NC(=O)O[C@@H]1CC[C@H](c2cc(Nc3nccc4nc(C(=O)N5CCNCC5)cn34)n[nH]2)[C@H]1F. The lowest BCUT2D eigenvalue weighted by Gasteiger charge is -2.26. The average molecular weight is 500 g/mol. The van der Waals surface area contributed by atoms with Crippen LogP contribution in [0.3, 0.4) is 0 Å². The number of aromatic nitrogens is 5. The van der Waals surface area contributed by atoms with Crippen molar-refractivity contribution in [3.05, 3.63) is 35.9 Å². The van der Waals surface area contributed by atoms with E-state index >= 15 is 4.39 Å². The molecule has 13 heteroatoms. The molecule has 5 rings (SSSR count). The summed E-state index contributed by atoms with van der Waals surface area (Å²) in [7, 11) is 0. The Morgan fingerprint density at radius 2 is 2.06 bits per heavy atom. The Bertz CT molecular complexity index is 1240. The molecule has 3 aromatic rings. The molecule has 2 aliphatic rings. The van der Waals surface area contributed by atoms with Gasteiger partial charge in [0.1, 0.15) is 23.6 Å². The monoisotopic (exact) mass is 499 g/mol. The van der Waals surface area contributed by atoms with Crippen molar-refractivity contribution in [2.45, 2.75) is 50.9 Å². The Labute approximate surface area is 207 Å². The van der Waals surface area contributed by atoms with Crippen LogP contribution in [-0.4, -0.2) is 86.0 Å². The molecule has 4 heterocycles. The van der Waals surface area contributed by atoms with E-state index in [1.165, 1.54) is 0 Å². The van der Waals surface area contributed by atoms with E-state index in [0.29, 0.717) is 54.7 Å². The largest absolute Gasteiger partial charge is 0.443 e. The first-order valence-electron chi connectivity index (χ1n) is 12.2. The summed E-state index contributed by atoms with van der Waals surface area (Å²) in [5.41, 5.74) is 1.52. The highest BCUT2D eigenvalue weighted by Crippen LogP contribution is 2.38. The summed E-state index contributed by atoms with van der Waals surface area (Å²) in [4.78, 5) is 35.3. The number of anilines is 2. The molecule has 3 aromatic heterocycles. The van der Waals surface area contributed by atoms with Crippen LogP contribution in [0.25, 0.3) is 5.65 Å². The van der Waals surface area contributed by atoms with E-state index in [1.54, 1.807) is 33.8 Å². The molecule has 0 unspecified atom stereocenters. The molecular weight excluding hydrogens is 469 g/mol. The zero-order valence-electron chi connectivity index (χ0n) is 20.2. The second-order valence-electron chi connectivity index (χ2n) is 9.37. The number of carbonyl (C=O) groups is 2. The van der Waals surface area contributed by atoms with Gasteiger partial charge in [-0.2, -0.15) is 5.10 Å². The molecule has 4 N–H and O–H groups in total. The van der Waals surface area contributed by atoms with Crippen LogP contribution >= 0.6 is 0 Å². The van der Waals surface area contributed by atoms with Crippen molar-refractivity contribution < 1.29 is 18.7 Å². The van der Waals surface area contributed by atoms with Crippen LogP contribution in [-0.2, 0) is 4.74 Å². The van der Waals surface area contributed by atoms with E-state index in [9.17, 15) is 9.59 Å².